The van der Waals surface area contributed by atoms with E-state index in [1.165, 1.54) is 18.2 Å². The van der Waals surface area contributed by atoms with Gasteiger partial charge in [-0.3, -0.25) is 10.1 Å². The third-order valence-electron chi connectivity index (χ3n) is 2.29. The molecule has 88 valence electrons. The molecule has 2 N–H and O–H groups in total. The largest absolute Gasteiger partial charge is 0.378 e. The van der Waals surface area contributed by atoms with Crippen LogP contribution in [0.4, 0.5) is 11.4 Å². The molecular formula is C11H10ClN3O2. The van der Waals surface area contributed by atoms with Gasteiger partial charge in [0.25, 0.3) is 5.69 Å². The first kappa shape index (κ1) is 11.5. The lowest BCUT2D eigenvalue weighted by atomic mass is 10.2. The number of rotatable bonds is 4. The Labute approximate surface area is 103 Å². The predicted octanol–water partition coefficient (Wildman–Crippen LogP) is 3.19. The number of benzene rings is 1. The Morgan fingerprint density at radius 1 is 1.41 bits per heavy atom. The van der Waals surface area contributed by atoms with Crippen molar-refractivity contribution in [2.45, 2.75) is 6.54 Å². The molecule has 2 aromatic rings. The van der Waals surface area contributed by atoms with Gasteiger partial charge in [0.2, 0.25) is 0 Å². The third-order valence-corrected chi connectivity index (χ3v) is 2.62. The molecule has 0 spiro atoms. The number of non-ortho nitro benzene ring substituents is 1. The number of hydrogen-bond acceptors (Lipinski definition) is 3. The van der Waals surface area contributed by atoms with Crippen LogP contribution in [0.1, 0.15) is 5.69 Å². The summed E-state index contributed by atoms with van der Waals surface area (Å²) in [6.45, 7) is 0.536. The topological polar surface area (TPSA) is 71.0 Å². The number of anilines is 1. The first-order chi connectivity index (χ1) is 8.16. The molecule has 0 aliphatic heterocycles. The van der Waals surface area contributed by atoms with E-state index in [1.807, 2.05) is 18.3 Å². The summed E-state index contributed by atoms with van der Waals surface area (Å²) in [7, 11) is 0. The zero-order valence-electron chi connectivity index (χ0n) is 8.81. The number of nitrogens with zero attached hydrogens (tertiary/aromatic N) is 1. The van der Waals surface area contributed by atoms with E-state index in [4.69, 9.17) is 11.6 Å². The van der Waals surface area contributed by atoms with Gasteiger partial charge in [-0.2, -0.15) is 0 Å². The predicted molar refractivity (Wildman–Crippen MR) is 66.2 cm³/mol. The minimum atomic E-state index is -0.448. The van der Waals surface area contributed by atoms with Crippen LogP contribution in [0.3, 0.4) is 0 Å². The van der Waals surface area contributed by atoms with Gasteiger partial charge >= 0.3 is 0 Å². The van der Waals surface area contributed by atoms with Crippen molar-refractivity contribution in [3.05, 3.63) is 57.4 Å². The van der Waals surface area contributed by atoms with Crippen molar-refractivity contribution in [1.29, 1.82) is 0 Å². The number of nitro benzene ring substituents is 1. The van der Waals surface area contributed by atoms with Crippen LogP contribution in [0.5, 0.6) is 0 Å². The molecule has 17 heavy (non-hydrogen) atoms. The molecule has 0 bridgehead atoms. The van der Waals surface area contributed by atoms with Crippen molar-refractivity contribution in [3.8, 4) is 0 Å². The molecule has 0 saturated heterocycles. The van der Waals surface area contributed by atoms with Crippen LogP contribution in [-0.2, 0) is 6.54 Å². The van der Waals surface area contributed by atoms with Crippen molar-refractivity contribution < 1.29 is 4.92 Å². The van der Waals surface area contributed by atoms with Crippen molar-refractivity contribution in [2.24, 2.45) is 0 Å². The van der Waals surface area contributed by atoms with E-state index >= 15 is 0 Å². The van der Waals surface area contributed by atoms with Crippen molar-refractivity contribution >= 4 is 23.0 Å². The molecule has 1 aromatic heterocycles. The molecule has 5 nitrogen and oxygen atoms in total. The Morgan fingerprint density at radius 2 is 2.24 bits per heavy atom. The molecule has 0 atom stereocenters. The summed E-state index contributed by atoms with van der Waals surface area (Å²) in [4.78, 5) is 13.2. The number of hydrogen-bond donors (Lipinski definition) is 2. The zero-order chi connectivity index (χ0) is 12.3. The summed E-state index contributed by atoms with van der Waals surface area (Å²) in [6, 6.07) is 8.11. The van der Waals surface area contributed by atoms with Gasteiger partial charge in [0.05, 0.1) is 22.2 Å². The summed E-state index contributed by atoms with van der Waals surface area (Å²) in [5, 5.41) is 14.1. The monoisotopic (exact) mass is 251 g/mol. The normalized spacial score (nSPS) is 10.2. The van der Waals surface area contributed by atoms with Crippen LogP contribution in [0, 0.1) is 10.1 Å². The maximum atomic E-state index is 10.6. The van der Waals surface area contributed by atoms with Gasteiger partial charge in [0.1, 0.15) is 0 Å². The standard InChI is InChI=1S/C11H10ClN3O2/c12-10-4-3-9(15(16)17)6-11(10)14-7-8-2-1-5-13-8/h1-6,13-14H,7H2. The molecule has 0 radical (unpaired) electrons. The van der Waals surface area contributed by atoms with Crippen LogP contribution < -0.4 is 5.32 Å². The van der Waals surface area contributed by atoms with Crippen LogP contribution in [-0.4, -0.2) is 9.91 Å². The van der Waals surface area contributed by atoms with E-state index in [9.17, 15) is 10.1 Å². The number of aromatic nitrogens is 1. The molecule has 6 heteroatoms. The molecule has 0 amide bonds. The molecule has 1 heterocycles. The number of nitrogens with one attached hydrogen (secondary N) is 2. The van der Waals surface area contributed by atoms with E-state index in [2.05, 4.69) is 10.3 Å². The molecule has 1 aromatic carbocycles. The molecule has 0 saturated carbocycles. The third kappa shape index (κ3) is 2.76. The SMILES string of the molecule is O=[N+]([O-])c1ccc(Cl)c(NCc2ccc[nH]2)c1. The summed E-state index contributed by atoms with van der Waals surface area (Å²) >= 11 is 5.95. The highest BCUT2D eigenvalue weighted by atomic mass is 35.5. The Kier molecular flexibility index (Phi) is 3.30. The van der Waals surface area contributed by atoms with E-state index in [1.54, 1.807) is 0 Å². The van der Waals surface area contributed by atoms with E-state index in [0.29, 0.717) is 17.3 Å². The molecule has 2 rings (SSSR count). The fourth-order valence-electron chi connectivity index (χ4n) is 1.43. The van der Waals surface area contributed by atoms with Gasteiger partial charge in [-0.15, -0.1) is 0 Å². The minimum Gasteiger partial charge on any atom is -0.378 e. The van der Waals surface area contributed by atoms with Gasteiger partial charge in [-0.25, -0.2) is 0 Å². The lowest BCUT2D eigenvalue weighted by Gasteiger charge is -2.06. The maximum Gasteiger partial charge on any atom is 0.271 e. The molecular weight excluding hydrogens is 242 g/mol. The highest BCUT2D eigenvalue weighted by Gasteiger charge is 2.09. The Balaban J connectivity index is 2.14. The Bertz CT molecular complexity index is 526. The second kappa shape index (κ2) is 4.88. The van der Waals surface area contributed by atoms with Crippen LogP contribution in [0.15, 0.2) is 36.5 Å². The molecule has 0 fully saturated rings. The van der Waals surface area contributed by atoms with E-state index in [-0.39, 0.29) is 5.69 Å². The quantitative estimate of drug-likeness (QED) is 0.648. The molecule has 0 aliphatic rings. The number of H-pyrrole nitrogens is 1. The molecule has 0 aliphatic carbocycles. The summed E-state index contributed by atoms with van der Waals surface area (Å²) in [5.41, 5.74) is 1.55. The zero-order valence-corrected chi connectivity index (χ0v) is 9.57. The number of aromatic amines is 1. The van der Waals surface area contributed by atoms with E-state index in [0.717, 1.165) is 5.69 Å². The lowest BCUT2D eigenvalue weighted by Crippen LogP contribution is -2.00. The summed E-state index contributed by atoms with van der Waals surface area (Å²) in [5.74, 6) is 0. The van der Waals surface area contributed by atoms with Crippen molar-refractivity contribution in [2.75, 3.05) is 5.32 Å². The van der Waals surface area contributed by atoms with Crippen molar-refractivity contribution in [3.63, 3.8) is 0 Å². The highest BCUT2D eigenvalue weighted by molar-refractivity contribution is 6.33. The van der Waals surface area contributed by atoms with Gasteiger partial charge in [-0.05, 0) is 18.2 Å². The summed E-state index contributed by atoms with van der Waals surface area (Å²) in [6.07, 6.45) is 1.81. The van der Waals surface area contributed by atoms with Gasteiger partial charge < -0.3 is 10.3 Å². The lowest BCUT2D eigenvalue weighted by molar-refractivity contribution is -0.384. The van der Waals surface area contributed by atoms with Crippen molar-refractivity contribution in [1.82, 2.24) is 4.98 Å². The second-order valence-corrected chi connectivity index (χ2v) is 3.88. The Morgan fingerprint density at radius 3 is 2.88 bits per heavy atom. The first-order valence-electron chi connectivity index (χ1n) is 4.97. The van der Waals surface area contributed by atoms with E-state index < -0.39 is 4.92 Å². The Hall–Kier alpha value is -2.01. The number of halogens is 1. The second-order valence-electron chi connectivity index (χ2n) is 3.47. The maximum absolute atomic E-state index is 10.6. The highest BCUT2D eigenvalue weighted by Crippen LogP contribution is 2.26. The fourth-order valence-corrected chi connectivity index (χ4v) is 1.61. The fraction of sp³-hybridized carbons (Fsp3) is 0.0909. The molecule has 0 unspecified atom stereocenters. The van der Waals surface area contributed by atoms with Crippen LogP contribution >= 0.6 is 11.6 Å². The smallest absolute Gasteiger partial charge is 0.271 e. The minimum absolute atomic E-state index is 0.0170. The van der Waals surface area contributed by atoms with Crippen LogP contribution in [0.2, 0.25) is 5.02 Å². The van der Waals surface area contributed by atoms with Gasteiger partial charge in [0, 0.05) is 24.0 Å². The average Bonchev–Trinajstić information content (AvgIpc) is 2.80. The van der Waals surface area contributed by atoms with Crippen LogP contribution in [0.25, 0.3) is 0 Å². The first-order valence-corrected chi connectivity index (χ1v) is 5.34. The average molecular weight is 252 g/mol. The number of nitro groups is 1. The summed E-state index contributed by atoms with van der Waals surface area (Å²) < 4.78 is 0. The van der Waals surface area contributed by atoms with Gasteiger partial charge in [0.15, 0.2) is 0 Å². The van der Waals surface area contributed by atoms with Gasteiger partial charge in [-0.1, -0.05) is 11.6 Å².